The number of nitrogens with one attached hydrogen (secondary N) is 1. The second kappa shape index (κ2) is 13.7. The van der Waals surface area contributed by atoms with Crippen LogP contribution in [0.4, 0.5) is 10.7 Å². The summed E-state index contributed by atoms with van der Waals surface area (Å²) in [7, 11) is 0. The first kappa shape index (κ1) is 30.1. The van der Waals surface area contributed by atoms with Gasteiger partial charge in [0.1, 0.15) is 23.7 Å². The molecule has 2 heterocycles. The number of carbonyl (C=O) groups is 1. The van der Waals surface area contributed by atoms with Crippen LogP contribution in [0.2, 0.25) is 0 Å². The first-order chi connectivity index (χ1) is 19.6. The molecule has 0 atom stereocenters. The van der Waals surface area contributed by atoms with Gasteiger partial charge in [-0.05, 0) is 68.7 Å². The Hall–Kier alpha value is -3.85. The number of ether oxygens (including phenoxy) is 4. The van der Waals surface area contributed by atoms with E-state index in [4.69, 9.17) is 18.9 Å². The van der Waals surface area contributed by atoms with Crippen molar-refractivity contribution in [2.75, 3.05) is 44.4 Å². The molecule has 0 radical (unpaired) electrons. The molecule has 4 rings (SSSR count). The summed E-state index contributed by atoms with van der Waals surface area (Å²) in [6, 6.07) is 18.3. The number of rotatable bonds is 11. The number of nitrogens with zero attached hydrogens (tertiary/aromatic N) is 3. The van der Waals surface area contributed by atoms with Crippen LogP contribution < -0.4 is 19.7 Å². The topological polar surface area (TPSA) is 95.0 Å². The standard InChI is InChI=1S/C32H42N4O5/c1-31(2,3)41-30(37)34-16-6-20-39-27-11-7-24(8-12-27)32(4,5)25-9-13-28(14-10-25)40-23-26-15-17-33-29(35-26)36-18-21-38-22-19-36/h7-15,17H,6,16,18-23H2,1-5H3,(H,34,37). The quantitative estimate of drug-likeness (QED) is 0.306. The first-order valence-electron chi connectivity index (χ1n) is 14.2. The molecule has 220 valence electrons. The molecular weight excluding hydrogens is 520 g/mol. The monoisotopic (exact) mass is 562 g/mol. The molecule has 0 saturated carbocycles. The summed E-state index contributed by atoms with van der Waals surface area (Å²) in [5, 5.41) is 2.75. The summed E-state index contributed by atoms with van der Waals surface area (Å²) in [6.07, 6.45) is 2.06. The van der Waals surface area contributed by atoms with E-state index in [1.807, 2.05) is 51.1 Å². The van der Waals surface area contributed by atoms with Crippen LogP contribution in [0.15, 0.2) is 60.8 Å². The Morgan fingerprint density at radius 3 is 2.12 bits per heavy atom. The maximum absolute atomic E-state index is 11.7. The van der Waals surface area contributed by atoms with E-state index in [-0.39, 0.29) is 5.41 Å². The van der Waals surface area contributed by atoms with Gasteiger partial charge < -0.3 is 29.2 Å². The Morgan fingerprint density at radius 1 is 0.902 bits per heavy atom. The molecule has 41 heavy (non-hydrogen) atoms. The zero-order valence-corrected chi connectivity index (χ0v) is 24.8. The minimum absolute atomic E-state index is 0.200. The molecular formula is C32H42N4O5. The van der Waals surface area contributed by atoms with Gasteiger partial charge in [-0.2, -0.15) is 0 Å². The van der Waals surface area contributed by atoms with Gasteiger partial charge in [0, 0.05) is 31.2 Å². The number of morpholine rings is 1. The van der Waals surface area contributed by atoms with Crippen molar-refractivity contribution in [3.63, 3.8) is 0 Å². The fourth-order valence-corrected chi connectivity index (χ4v) is 4.41. The van der Waals surface area contributed by atoms with Gasteiger partial charge in [0.25, 0.3) is 0 Å². The molecule has 9 heteroatoms. The summed E-state index contributed by atoms with van der Waals surface area (Å²) in [4.78, 5) is 22.9. The van der Waals surface area contributed by atoms with Crippen LogP contribution in [0.1, 0.15) is 57.9 Å². The van der Waals surface area contributed by atoms with Crippen LogP contribution in [0, 0.1) is 0 Å². The van der Waals surface area contributed by atoms with Crippen molar-refractivity contribution in [2.24, 2.45) is 0 Å². The molecule has 1 amide bonds. The first-order valence-corrected chi connectivity index (χ1v) is 14.2. The predicted molar refractivity (Wildman–Crippen MR) is 159 cm³/mol. The molecule has 1 aliphatic heterocycles. The number of alkyl carbamates (subject to hydrolysis) is 1. The van der Waals surface area contributed by atoms with E-state index < -0.39 is 11.7 Å². The van der Waals surface area contributed by atoms with Crippen molar-refractivity contribution in [3.05, 3.63) is 77.6 Å². The van der Waals surface area contributed by atoms with E-state index in [0.717, 1.165) is 36.2 Å². The summed E-state index contributed by atoms with van der Waals surface area (Å²) in [6.45, 7) is 14.3. The minimum atomic E-state index is -0.502. The van der Waals surface area contributed by atoms with Crippen LogP contribution in [-0.2, 0) is 21.5 Å². The Balaban J connectivity index is 1.25. The zero-order chi connectivity index (χ0) is 29.3. The van der Waals surface area contributed by atoms with Gasteiger partial charge in [-0.15, -0.1) is 0 Å². The molecule has 1 fully saturated rings. The second-order valence-electron chi connectivity index (χ2n) is 11.5. The van der Waals surface area contributed by atoms with Crippen LogP contribution in [-0.4, -0.2) is 61.1 Å². The van der Waals surface area contributed by atoms with Crippen molar-refractivity contribution in [3.8, 4) is 11.5 Å². The van der Waals surface area contributed by atoms with E-state index >= 15 is 0 Å². The number of hydrogen-bond donors (Lipinski definition) is 1. The molecule has 0 bridgehead atoms. The predicted octanol–water partition coefficient (Wildman–Crippen LogP) is 5.51. The van der Waals surface area contributed by atoms with Crippen molar-refractivity contribution in [1.29, 1.82) is 0 Å². The number of hydrogen-bond acceptors (Lipinski definition) is 8. The number of benzene rings is 2. The third kappa shape index (κ3) is 9.08. The fourth-order valence-electron chi connectivity index (χ4n) is 4.41. The maximum Gasteiger partial charge on any atom is 0.407 e. The van der Waals surface area contributed by atoms with E-state index in [9.17, 15) is 4.79 Å². The summed E-state index contributed by atoms with van der Waals surface area (Å²) < 4.78 is 22.5. The molecule has 3 aromatic rings. The van der Waals surface area contributed by atoms with Gasteiger partial charge >= 0.3 is 6.09 Å². The highest BCUT2D eigenvalue weighted by Crippen LogP contribution is 2.33. The summed E-state index contributed by atoms with van der Waals surface area (Å²) in [5.41, 5.74) is 2.50. The molecule has 0 unspecified atom stereocenters. The summed E-state index contributed by atoms with van der Waals surface area (Å²) >= 11 is 0. The highest BCUT2D eigenvalue weighted by Gasteiger charge is 2.23. The van der Waals surface area contributed by atoms with E-state index in [1.165, 1.54) is 11.1 Å². The zero-order valence-electron chi connectivity index (χ0n) is 24.8. The Labute approximate surface area is 243 Å². The SMILES string of the molecule is CC(C)(C)OC(=O)NCCCOc1ccc(C(C)(C)c2ccc(OCc3ccnc(N4CCOCC4)n3)cc2)cc1. The minimum Gasteiger partial charge on any atom is -0.494 e. The largest absolute Gasteiger partial charge is 0.494 e. The lowest BCUT2D eigenvalue weighted by Gasteiger charge is -2.27. The fraction of sp³-hybridized carbons (Fsp3) is 0.469. The lowest BCUT2D eigenvalue weighted by atomic mass is 9.78. The van der Waals surface area contributed by atoms with Gasteiger partial charge in [-0.3, -0.25) is 0 Å². The highest BCUT2D eigenvalue weighted by atomic mass is 16.6. The van der Waals surface area contributed by atoms with E-state index in [1.54, 1.807) is 6.20 Å². The van der Waals surface area contributed by atoms with Crippen molar-refractivity contribution >= 4 is 12.0 Å². The molecule has 1 aliphatic rings. The Morgan fingerprint density at radius 2 is 1.51 bits per heavy atom. The van der Waals surface area contributed by atoms with Crippen LogP contribution in [0.3, 0.4) is 0 Å². The lowest BCUT2D eigenvalue weighted by Crippen LogP contribution is -2.37. The van der Waals surface area contributed by atoms with E-state index in [0.29, 0.717) is 39.4 Å². The average molecular weight is 563 g/mol. The number of aromatic nitrogens is 2. The molecule has 0 aliphatic carbocycles. The van der Waals surface area contributed by atoms with Crippen LogP contribution in [0.5, 0.6) is 11.5 Å². The molecule has 0 spiro atoms. The van der Waals surface area contributed by atoms with Crippen molar-refractivity contribution < 1.29 is 23.7 Å². The van der Waals surface area contributed by atoms with Crippen LogP contribution in [0.25, 0.3) is 0 Å². The molecule has 2 aromatic carbocycles. The smallest absolute Gasteiger partial charge is 0.407 e. The van der Waals surface area contributed by atoms with Crippen molar-refractivity contribution in [2.45, 2.75) is 58.7 Å². The Kier molecular flexibility index (Phi) is 10.0. The molecule has 1 N–H and O–H groups in total. The third-order valence-electron chi connectivity index (χ3n) is 6.79. The van der Waals surface area contributed by atoms with Crippen molar-refractivity contribution in [1.82, 2.24) is 15.3 Å². The number of carbonyl (C=O) groups excluding carboxylic acids is 1. The highest BCUT2D eigenvalue weighted by molar-refractivity contribution is 5.67. The Bertz CT molecular complexity index is 1250. The normalized spacial score (nSPS) is 13.9. The van der Waals surface area contributed by atoms with Gasteiger partial charge in [0.05, 0.1) is 25.5 Å². The van der Waals surface area contributed by atoms with Gasteiger partial charge in [0.15, 0.2) is 0 Å². The number of anilines is 1. The molecule has 1 saturated heterocycles. The average Bonchev–Trinajstić information content (AvgIpc) is 2.96. The van der Waals surface area contributed by atoms with E-state index in [2.05, 4.69) is 58.3 Å². The van der Waals surface area contributed by atoms with Gasteiger partial charge in [-0.25, -0.2) is 14.8 Å². The maximum atomic E-state index is 11.7. The molecule has 1 aromatic heterocycles. The lowest BCUT2D eigenvalue weighted by molar-refractivity contribution is 0.0525. The third-order valence-corrected chi connectivity index (χ3v) is 6.79. The molecule has 9 nitrogen and oxygen atoms in total. The summed E-state index contributed by atoms with van der Waals surface area (Å²) in [5.74, 6) is 2.31. The van der Waals surface area contributed by atoms with Crippen LogP contribution >= 0.6 is 0 Å². The number of amides is 1. The van der Waals surface area contributed by atoms with Gasteiger partial charge in [0.2, 0.25) is 5.95 Å². The van der Waals surface area contributed by atoms with Gasteiger partial charge in [-0.1, -0.05) is 38.1 Å². The second-order valence-corrected chi connectivity index (χ2v) is 11.5.